The third kappa shape index (κ3) is 1.48. The third-order valence-electron chi connectivity index (χ3n) is 1.87. The van der Waals surface area contributed by atoms with Crippen molar-refractivity contribution in [1.82, 2.24) is 4.98 Å². The van der Waals surface area contributed by atoms with E-state index in [0.29, 0.717) is 6.54 Å². The van der Waals surface area contributed by atoms with Gasteiger partial charge in [0, 0.05) is 6.20 Å². The van der Waals surface area contributed by atoms with Gasteiger partial charge in [0.15, 0.2) is 0 Å². The summed E-state index contributed by atoms with van der Waals surface area (Å²) >= 11 is 0. The highest BCUT2D eigenvalue weighted by Crippen LogP contribution is 2.12. The lowest BCUT2D eigenvalue weighted by molar-refractivity contribution is 0.0690. The van der Waals surface area contributed by atoms with Gasteiger partial charge in [-0.2, -0.15) is 0 Å². The van der Waals surface area contributed by atoms with E-state index in [9.17, 15) is 4.79 Å². The number of rotatable bonds is 3. The lowest BCUT2D eigenvalue weighted by Crippen LogP contribution is -2.04. The van der Waals surface area contributed by atoms with Crippen LogP contribution in [0.3, 0.4) is 0 Å². The first-order chi connectivity index (χ1) is 5.66. The van der Waals surface area contributed by atoms with Crippen LogP contribution < -0.4 is 5.73 Å². The molecule has 1 rings (SSSR count). The topological polar surface area (TPSA) is 79.1 Å². The largest absolute Gasteiger partial charge is 0.477 e. The summed E-state index contributed by atoms with van der Waals surface area (Å²) in [5.74, 6) is -0.921. The smallest absolute Gasteiger partial charge is 0.352 e. The Hall–Kier alpha value is -1.29. The molecule has 4 nitrogen and oxygen atoms in total. The Balaban J connectivity index is 2.96. The number of hydrogen-bond donors (Lipinski definition) is 3. The molecule has 0 spiro atoms. The van der Waals surface area contributed by atoms with E-state index in [1.165, 1.54) is 0 Å². The van der Waals surface area contributed by atoms with Crippen molar-refractivity contribution in [3.63, 3.8) is 0 Å². The van der Waals surface area contributed by atoms with Gasteiger partial charge in [0.05, 0.1) is 0 Å². The van der Waals surface area contributed by atoms with E-state index < -0.39 is 5.97 Å². The molecule has 0 saturated carbocycles. The molecule has 0 saturated heterocycles. The number of nitrogens with one attached hydrogen (secondary N) is 1. The van der Waals surface area contributed by atoms with Crippen molar-refractivity contribution in [3.8, 4) is 0 Å². The van der Waals surface area contributed by atoms with E-state index in [4.69, 9.17) is 10.8 Å². The van der Waals surface area contributed by atoms with Crippen LogP contribution in [0.4, 0.5) is 0 Å². The number of carboxylic acids is 1. The molecule has 0 radical (unpaired) electrons. The van der Waals surface area contributed by atoms with Crippen molar-refractivity contribution in [2.24, 2.45) is 5.73 Å². The molecule has 0 unspecified atom stereocenters. The van der Waals surface area contributed by atoms with Crippen molar-refractivity contribution in [2.45, 2.75) is 13.3 Å². The van der Waals surface area contributed by atoms with Crippen LogP contribution in [0.5, 0.6) is 0 Å². The molecule has 1 aromatic heterocycles. The number of aromatic nitrogens is 1. The molecule has 0 bridgehead atoms. The predicted molar refractivity (Wildman–Crippen MR) is 45.2 cm³/mol. The maximum absolute atomic E-state index is 10.6. The zero-order valence-corrected chi connectivity index (χ0v) is 6.92. The number of carbonyl (C=O) groups is 1. The van der Waals surface area contributed by atoms with Gasteiger partial charge in [-0.15, -0.1) is 0 Å². The maximum atomic E-state index is 10.6. The van der Waals surface area contributed by atoms with Crippen molar-refractivity contribution in [3.05, 3.63) is 23.0 Å². The molecule has 4 N–H and O–H groups in total. The van der Waals surface area contributed by atoms with Crippen LogP contribution in [0.15, 0.2) is 6.20 Å². The second kappa shape index (κ2) is 3.40. The first kappa shape index (κ1) is 8.80. The number of H-pyrrole nitrogens is 1. The average Bonchev–Trinajstić information content (AvgIpc) is 2.34. The van der Waals surface area contributed by atoms with Gasteiger partial charge in [-0.1, -0.05) is 0 Å². The molecule has 1 heterocycles. The van der Waals surface area contributed by atoms with E-state index in [1.54, 1.807) is 13.1 Å². The zero-order valence-electron chi connectivity index (χ0n) is 6.92. The van der Waals surface area contributed by atoms with Gasteiger partial charge in [-0.25, -0.2) is 4.79 Å². The number of aromatic amines is 1. The lowest BCUT2D eigenvalue weighted by Gasteiger charge is -1.95. The Morgan fingerprint density at radius 3 is 2.83 bits per heavy atom. The molecule has 66 valence electrons. The van der Waals surface area contributed by atoms with E-state index in [0.717, 1.165) is 17.5 Å². The molecule has 4 heteroatoms. The van der Waals surface area contributed by atoms with Crippen molar-refractivity contribution < 1.29 is 9.90 Å². The summed E-state index contributed by atoms with van der Waals surface area (Å²) in [6.45, 7) is 2.32. The molecule has 0 aromatic carbocycles. The highest BCUT2D eigenvalue weighted by molar-refractivity contribution is 5.87. The summed E-state index contributed by atoms with van der Waals surface area (Å²) < 4.78 is 0. The minimum atomic E-state index is -0.921. The number of nitrogens with two attached hydrogens (primary N) is 1. The highest BCUT2D eigenvalue weighted by atomic mass is 16.4. The molecule has 0 fully saturated rings. The van der Waals surface area contributed by atoms with Gasteiger partial charge < -0.3 is 15.8 Å². The van der Waals surface area contributed by atoms with Crippen LogP contribution >= 0.6 is 0 Å². The SMILES string of the molecule is Cc1c(CCN)c[nH]c1C(=O)O. The van der Waals surface area contributed by atoms with Crippen LogP contribution in [0.25, 0.3) is 0 Å². The Kier molecular flexibility index (Phi) is 2.50. The highest BCUT2D eigenvalue weighted by Gasteiger charge is 2.11. The van der Waals surface area contributed by atoms with Crippen LogP contribution in [-0.2, 0) is 6.42 Å². The molecule has 0 atom stereocenters. The fourth-order valence-corrected chi connectivity index (χ4v) is 1.17. The standard InChI is InChI=1S/C8H12N2O2/c1-5-6(2-3-9)4-10-7(5)8(11)12/h4,10H,2-3,9H2,1H3,(H,11,12). The number of aromatic carboxylic acids is 1. The number of hydrogen-bond acceptors (Lipinski definition) is 2. The molecule has 1 aromatic rings. The van der Waals surface area contributed by atoms with Gasteiger partial charge in [0.25, 0.3) is 0 Å². The summed E-state index contributed by atoms with van der Waals surface area (Å²) in [5, 5.41) is 8.68. The van der Waals surface area contributed by atoms with E-state index in [2.05, 4.69) is 4.98 Å². The van der Waals surface area contributed by atoms with Gasteiger partial charge >= 0.3 is 5.97 Å². The summed E-state index contributed by atoms with van der Waals surface area (Å²) in [4.78, 5) is 13.3. The van der Waals surface area contributed by atoms with E-state index in [1.807, 2.05) is 0 Å². The van der Waals surface area contributed by atoms with Crippen molar-refractivity contribution in [1.29, 1.82) is 0 Å². The van der Waals surface area contributed by atoms with Crippen LogP contribution in [0, 0.1) is 6.92 Å². The van der Waals surface area contributed by atoms with Gasteiger partial charge in [0.2, 0.25) is 0 Å². The first-order valence-corrected chi connectivity index (χ1v) is 3.77. The van der Waals surface area contributed by atoms with Crippen LogP contribution in [-0.4, -0.2) is 22.6 Å². The summed E-state index contributed by atoms with van der Waals surface area (Å²) in [6, 6.07) is 0. The van der Waals surface area contributed by atoms with Crippen molar-refractivity contribution in [2.75, 3.05) is 6.54 Å². The van der Waals surface area contributed by atoms with E-state index in [-0.39, 0.29) is 5.69 Å². The predicted octanol–water partition coefficient (Wildman–Crippen LogP) is 0.523. The van der Waals surface area contributed by atoms with E-state index >= 15 is 0 Å². The monoisotopic (exact) mass is 168 g/mol. The summed E-state index contributed by atoms with van der Waals surface area (Å²) in [6.07, 6.45) is 2.42. The molecule has 0 aliphatic carbocycles. The second-order valence-electron chi connectivity index (χ2n) is 2.66. The second-order valence-corrected chi connectivity index (χ2v) is 2.66. The van der Waals surface area contributed by atoms with Crippen LogP contribution in [0.1, 0.15) is 21.6 Å². The van der Waals surface area contributed by atoms with Crippen molar-refractivity contribution >= 4 is 5.97 Å². The normalized spacial score (nSPS) is 10.2. The fourth-order valence-electron chi connectivity index (χ4n) is 1.17. The van der Waals surface area contributed by atoms with Gasteiger partial charge in [0.1, 0.15) is 5.69 Å². The minimum absolute atomic E-state index is 0.262. The quantitative estimate of drug-likeness (QED) is 0.615. The average molecular weight is 168 g/mol. The Bertz CT molecular complexity index is 291. The van der Waals surface area contributed by atoms with Gasteiger partial charge in [-0.05, 0) is 31.0 Å². The minimum Gasteiger partial charge on any atom is -0.477 e. The fraction of sp³-hybridized carbons (Fsp3) is 0.375. The summed E-state index contributed by atoms with van der Waals surface area (Å²) in [7, 11) is 0. The molecule has 0 aliphatic rings. The zero-order chi connectivity index (χ0) is 9.14. The lowest BCUT2D eigenvalue weighted by atomic mass is 10.1. The first-order valence-electron chi connectivity index (χ1n) is 3.77. The molecule has 0 amide bonds. The Labute approximate surface area is 70.4 Å². The third-order valence-corrected chi connectivity index (χ3v) is 1.87. The molecule has 12 heavy (non-hydrogen) atoms. The molecule has 0 aliphatic heterocycles. The molecular weight excluding hydrogens is 156 g/mol. The maximum Gasteiger partial charge on any atom is 0.352 e. The Morgan fingerprint density at radius 2 is 2.42 bits per heavy atom. The molecular formula is C8H12N2O2. The Morgan fingerprint density at radius 1 is 1.75 bits per heavy atom. The summed E-state index contributed by atoms with van der Waals surface area (Å²) in [5.41, 5.74) is 7.38. The van der Waals surface area contributed by atoms with Crippen LogP contribution in [0.2, 0.25) is 0 Å². The number of carboxylic acid groups (broad SMARTS) is 1. The van der Waals surface area contributed by atoms with Gasteiger partial charge in [-0.3, -0.25) is 0 Å².